The summed E-state index contributed by atoms with van der Waals surface area (Å²) in [6.45, 7) is 0.972. The zero-order valence-electron chi connectivity index (χ0n) is 17.5. The van der Waals surface area contributed by atoms with E-state index in [-0.39, 0.29) is 17.6 Å². The molecule has 1 heterocycles. The van der Waals surface area contributed by atoms with Crippen LogP contribution < -0.4 is 15.8 Å². The molecule has 5 rings (SSSR count). The molecule has 0 bridgehead atoms. The third kappa shape index (κ3) is 4.30. The summed E-state index contributed by atoms with van der Waals surface area (Å²) in [6.07, 6.45) is 0.995. The summed E-state index contributed by atoms with van der Waals surface area (Å²) in [5, 5.41) is 3.52. The molecule has 0 radical (unpaired) electrons. The highest BCUT2D eigenvalue weighted by Gasteiger charge is 2.45. The van der Waals surface area contributed by atoms with Crippen LogP contribution in [0.15, 0.2) is 29.1 Å². The number of aromatic nitrogens is 2. The molecule has 6 nitrogen and oxygen atoms in total. The number of benzene rings is 1. The fraction of sp³-hybridized carbons (Fsp3) is 0.522. The highest BCUT2D eigenvalue weighted by molar-refractivity contribution is 6.02. The Hall–Kier alpha value is -2.68. The van der Waals surface area contributed by atoms with Gasteiger partial charge in [-0.05, 0) is 75.1 Å². The van der Waals surface area contributed by atoms with Crippen LogP contribution in [0.25, 0.3) is 0 Å². The van der Waals surface area contributed by atoms with Crippen LogP contribution in [0.5, 0.6) is 0 Å². The fourth-order valence-corrected chi connectivity index (χ4v) is 4.48. The number of aromatic amines is 1. The minimum Gasteiger partial charge on any atom is -0.313 e. The predicted molar refractivity (Wildman–Crippen MR) is 113 cm³/mol. The predicted octanol–water partition coefficient (Wildman–Crippen LogP) is 3.73. The van der Waals surface area contributed by atoms with Crippen molar-refractivity contribution in [3.63, 3.8) is 0 Å². The lowest BCUT2D eigenvalue weighted by molar-refractivity contribution is -0.169. The molecule has 3 aliphatic rings. The first-order valence-corrected chi connectivity index (χ1v) is 11.2. The van der Waals surface area contributed by atoms with Gasteiger partial charge in [-0.1, -0.05) is 12.1 Å². The quantitative estimate of drug-likeness (QED) is 0.709. The van der Waals surface area contributed by atoms with Crippen LogP contribution in [-0.4, -0.2) is 34.6 Å². The number of carbonyl (C=O) groups is 1. The van der Waals surface area contributed by atoms with Gasteiger partial charge in [-0.25, -0.2) is 9.88 Å². The molecule has 1 aromatic heterocycles. The summed E-state index contributed by atoms with van der Waals surface area (Å²) in [7, 11) is 0. The topological polar surface area (TPSA) is 78.1 Å². The first-order valence-electron chi connectivity index (χ1n) is 11.2. The second-order valence-electron chi connectivity index (χ2n) is 9.06. The van der Waals surface area contributed by atoms with E-state index in [4.69, 9.17) is 0 Å². The number of halogens is 3. The van der Waals surface area contributed by atoms with Crippen molar-refractivity contribution < 1.29 is 18.0 Å². The average molecular weight is 446 g/mol. The Morgan fingerprint density at radius 1 is 1.22 bits per heavy atom. The first-order chi connectivity index (χ1) is 15.3. The molecule has 1 amide bonds. The van der Waals surface area contributed by atoms with Crippen LogP contribution in [0.2, 0.25) is 0 Å². The van der Waals surface area contributed by atoms with Gasteiger partial charge in [0.15, 0.2) is 0 Å². The van der Waals surface area contributed by atoms with Gasteiger partial charge in [-0.2, -0.15) is 13.2 Å². The number of nitrogens with zero attached hydrogens (tertiary/aromatic N) is 2. The van der Waals surface area contributed by atoms with Gasteiger partial charge in [0.25, 0.3) is 5.56 Å². The molecule has 2 saturated carbocycles. The molecule has 0 saturated heterocycles. The highest BCUT2D eigenvalue weighted by atomic mass is 19.4. The first kappa shape index (κ1) is 21.2. The Bertz CT molecular complexity index is 1090. The van der Waals surface area contributed by atoms with Gasteiger partial charge < -0.3 is 5.32 Å². The second kappa shape index (κ2) is 8.03. The van der Waals surface area contributed by atoms with Crippen molar-refractivity contribution >= 4 is 17.5 Å². The molecule has 2 aromatic rings. The third-order valence-electron chi connectivity index (χ3n) is 6.55. The summed E-state index contributed by atoms with van der Waals surface area (Å²) in [5.74, 6) is -1.51. The van der Waals surface area contributed by atoms with Gasteiger partial charge in [-0.3, -0.25) is 14.6 Å². The SMILES string of the molecule is O=C(N(c1cccc(C2CC2NCC2CC2)c1)c1nc2c(c(=O)[nH]1)CCCC2)C(F)(F)F. The van der Waals surface area contributed by atoms with Gasteiger partial charge in [0.05, 0.1) is 11.4 Å². The van der Waals surface area contributed by atoms with Crippen LogP contribution >= 0.6 is 0 Å². The van der Waals surface area contributed by atoms with Crippen molar-refractivity contribution in [1.82, 2.24) is 15.3 Å². The van der Waals surface area contributed by atoms with Gasteiger partial charge in [-0.15, -0.1) is 0 Å². The number of hydrogen-bond acceptors (Lipinski definition) is 4. The summed E-state index contributed by atoms with van der Waals surface area (Å²) < 4.78 is 40.5. The van der Waals surface area contributed by atoms with Crippen molar-refractivity contribution in [2.24, 2.45) is 5.92 Å². The van der Waals surface area contributed by atoms with E-state index in [0.29, 0.717) is 35.0 Å². The van der Waals surface area contributed by atoms with Crippen LogP contribution in [0, 0.1) is 5.92 Å². The maximum Gasteiger partial charge on any atom is 0.472 e. The van der Waals surface area contributed by atoms with Gasteiger partial charge in [0.2, 0.25) is 5.95 Å². The Balaban J connectivity index is 1.48. The Labute approximate surface area is 183 Å². The van der Waals surface area contributed by atoms with Crippen molar-refractivity contribution in [1.29, 1.82) is 0 Å². The fourth-order valence-electron chi connectivity index (χ4n) is 4.48. The van der Waals surface area contributed by atoms with Crippen LogP contribution in [-0.2, 0) is 17.6 Å². The zero-order valence-corrected chi connectivity index (χ0v) is 17.5. The smallest absolute Gasteiger partial charge is 0.313 e. The highest BCUT2D eigenvalue weighted by Crippen LogP contribution is 2.43. The number of aryl methyl sites for hydroxylation is 1. The third-order valence-corrected chi connectivity index (χ3v) is 6.55. The van der Waals surface area contributed by atoms with E-state index in [2.05, 4.69) is 15.3 Å². The summed E-state index contributed by atoms with van der Waals surface area (Å²) in [5.41, 5.74) is 1.41. The monoisotopic (exact) mass is 446 g/mol. The number of anilines is 2. The lowest BCUT2D eigenvalue weighted by Gasteiger charge is -2.24. The zero-order chi connectivity index (χ0) is 22.5. The molecule has 2 fully saturated rings. The molecule has 3 aliphatic carbocycles. The number of hydrogen-bond donors (Lipinski definition) is 2. The molecule has 2 atom stereocenters. The number of nitrogens with one attached hydrogen (secondary N) is 2. The molecule has 0 aliphatic heterocycles. The van der Waals surface area contributed by atoms with E-state index >= 15 is 0 Å². The minimum atomic E-state index is -5.11. The molecular weight excluding hydrogens is 421 g/mol. The molecule has 9 heteroatoms. The number of rotatable bonds is 6. The molecule has 170 valence electrons. The van der Waals surface area contributed by atoms with Crippen LogP contribution in [0.3, 0.4) is 0 Å². The molecule has 1 aromatic carbocycles. The molecule has 0 spiro atoms. The molecular formula is C23H25F3N4O2. The van der Waals surface area contributed by atoms with E-state index in [0.717, 1.165) is 37.3 Å². The Morgan fingerprint density at radius 3 is 2.75 bits per heavy atom. The van der Waals surface area contributed by atoms with Crippen LogP contribution in [0.4, 0.5) is 24.8 Å². The van der Waals surface area contributed by atoms with Crippen molar-refractivity contribution in [2.75, 3.05) is 11.4 Å². The number of fused-ring (bicyclic) bond motifs is 1. The summed E-state index contributed by atoms with van der Waals surface area (Å²) >= 11 is 0. The maximum atomic E-state index is 13.5. The lowest BCUT2D eigenvalue weighted by Crippen LogP contribution is -2.40. The standard InChI is InChI=1S/C23H25F3N4O2/c24-23(25,26)21(32)30(22-28-18-7-2-1-6-16(18)20(31)29-22)15-5-3-4-14(10-15)17-11-19(17)27-12-13-8-9-13/h3-5,10,13,17,19,27H,1-2,6-9,11-12H2,(H,28,29,31). The number of H-pyrrole nitrogens is 1. The molecule has 2 N–H and O–H groups in total. The molecule has 32 heavy (non-hydrogen) atoms. The Kier molecular flexibility index (Phi) is 5.31. The largest absolute Gasteiger partial charge is 0.472 e. The van der Waals surface area contributed by atoms with Crippen molar-refractivity contribution in [3.8, 4) is 0 Å². The maximum absolute atomic E-state index is 13.5. The van der Waals surface area contributed by atoms with Crippen molar-refractivity contribution in [3.05, 3.63) is 51.4 Å². The lowest BCUT2D eigenvalue weighted by atomic mass is 9.97. The van der Waals surface area contributed by atoms with E-state index in [1.54, 1.807) is 12.1 Å². The Morgan fingerprint density at radius 2 is 2.00 bits per heavy atom. The van der Waals surface area contributed by atoms with Gasteiger partial charge in [0.1, 0.15) is 0 Å². The average Bonchev–Trinajstić information content (AvgIpc) is 3.67. The van der Waals surface area contributed by atoms with E-state index < -0.39 is 17.6 Å². The normalized spacial score (nSPS) is 22.3. The van der Waals surface area contributed by atoms with E-state index in [1.807, 2.05) is 6.07 Å². The second-order valence-corrected chi connectivity index (χ2v) is 9.06. The number of carbonyl (C=O) groups excluding carboxylic acids is 1. The molecule has 2 unspecified atom stereocenters. The van der Waals surface area contributed by atoms with E-state index in [1.165, 1.54) is 18.9 Å². The van der Waals surface area contributed by atoms with Crippen molar-refractivity contribution in [2.45, 2.75) is 63.1 Å². The van der Waals surface area contributed by atoms with Gasteiger partial charge >= 0.3 is 12.1 Å². The van der Waals surface area contributed by atoms with E-state index in [9.17, 15) is 22.8 Å². The number of amides is 1. The summed E-state index contributed by atoms with van der Waals surface area (Å²) in [6, 6.07) is 6.87. The summed E-state index contributed by atoms with van der Waals surface area (Å²) in [4.78, 5) is 32.2. The van der Waals surface area contributed by atoms with Gasteiger partial charge in [0, 0.05) is 17.5 Å². The minimum absolute atomic E-state index is 0.0524. The number of alkyl halides is 3. The van der Waals surface area contributed by atoms with Crippen LogP contribution in [0.1, 0.15) is 54.8 Å².